The maximum Gasteiger partial charge on any atom is 0.163 e. The van der Waals surface area contributed by atoms with Crippen molar-refractivity contribution in [2.75, 3.05) is 0 Å². The van der Waals surface area contributed by atoms with E-state index in [9.17, 15) is 0 Å². The minimum absolute atomic E-state index is 0.259. The van der Waals surface area contributed by atoms with E-state index in [0.717, 1.165) is 23.6 Å². The lowest BCUT2D eigenvalue weighted by Crippen LogP contribution is -2.62. The average molecular weight is 249 g/mol. The molecule has 4 heteroatoms. The second kappa shape index (κ2) is 3.98. The van der Waals surface area contributed by atoms with Gasteiger partial charge in [0, 0.05) is 24.9 Å². The maximum absolute atomic E-state index is 6.28. The Morgan fingerprint density at radius 1 is 1.33 bits per heavy atom. The van der Waals surface area contributed by atoms with Gasteiger partial charge in [0.1, 0.15) is 11.8 Å². The Morgan fingerprint density at radius 3 is 2.50 bits per heavy atom. The van der Waals surface area contributed by atoms with E-state index in [2.05, 4.69) is 12.0 Å². The van der Waals surface area contributed by atoms with Crippen LogP contribution in [0, 0.1) is 19.3 Å². The Hall–Kier alpha value is -1.03. The van der Waals surface area contributed by atoms with Crippen LogP contribution in [0.15, 0.2) is 0 Å². The molecule has 0 amide bonds. The third-order valence-electron chi connectivity index (χ3n) is 5.08. The number of rotatable bonds is 2. The van der Waals surface area contributed by atoms with Gasteiger partial charge in [-0.1, -0.05) is 12.8 Å². The highest BCUT2D eigenvalue weighted by atomic mass is 16.5. The monoisotopic (exact) mass is 249 g/mol. The van der Waals surface area contributed by atoms with Crippen LogP contribution in [0.25, 0.3) is 0 Å². The SMILES string of the molecule is Cc1nn(C)c(C)c1OC1CC(N)C12CCCC2. The second-order valence-electron chi connectivity index (χ2n) is 6.01. The van der Waals surface area contributed by atoms with Gasteiger partial charge in [0.25, 0.3) is 0 Å². The number of ether oxygens (including phenoxy) is 1. The van der Waals surface area contributed by atoms with E-state index in [-0.39, 0.29) is 5.41 Å². The predicted octanol–water partition coefficient (Wildman–Crippen LogP) is 2.08. The Morgan fingerprint density at radius 2 is 2.00 bits per heavy atom. The molecule has 2 aliphatic carbocycles. The fraction of sp³-hybridized carbons (Fsp3) is 0.786. The Labute approximate surface area is 108 Å². The molecule has 100 valence electrons. The van der Waals surface area contributed by atoms with E-state index < -0.39 is 0 Å². The van der Waals surface area contributed by atoms with Gasteiger partial charge in [-0.2, -0.15) is 5.10 Å². The van der Waals surface area contributed by atoms with Gasteiger partial charge in [0.05, 0.1) is 5.69 Å². The van der Waals surface area contributed by atoms with Crippen molar-refractivity contribution in [3.05, 3.63) is 11.4 Å². The number of aromatic nitrogens is 2. The number of aryl methyl sites for hydroxylation is 2. The van der Waals surface area contributed by atoms with Crippen molar-refractivity contribution in [1.29, 1.82) is 0 Å². The summed E-state index contributed by atoms with van der Waals surface area (Å²) in [6.45, 7) is 4.08. The van der Waals surface area contributed by atoms with E-state index in [0.29, 0.717) is 12.1 Å². The molecule has 2 fully saturated rings. The van der Waals surface area contributed by atoms with Crippen LogP contribution in [0.5, 0.6) is 5.75 Å². The van der Waals surface area contributed by atoms with Crippen molar-refractivity contribution in [1.82, 2.24) is 9.78 Å². The van der Waals surface area contributed by atoms with E-state index in [1.807, 2.05) is 18.7 Å². The third kappa shape index (κ3) is 1.51. The van der Waals surface area contributed by atoms with E-state index in [1.165, 1.54) is 25.7 Å². The summed E-state index contributed by atoms with van der Waals surface area (Å²) in [4.78, 5) is 0. The lowest BCUT2D eigenvalue weighted by molar-refractivity contribution is -0.0626. The minimum atomic E-state index is 0.259. The molecule has 0 bridgehead atoms. The van der Waals surface area contributed by atoms with Crippen LogP contribution >= 0.6 is 0 Å². The van der Waals surface area contributed by atoms with Crippen LogP contribution in [0.1, 0.15) is 43.5 Å². The highest BCUT2D eigenvalue weighted by molar-refractivity contribution is 5.33. The molecule has 1 heterocycles. The van der Waals surface area contributed by atoms with Crippen LogP contribution in [0.4, 0.5) is 0 Å². The molecule has 2 unspecified atom stereocenters. The summed E-state index contributed by atoms with van der Waals surface area (Å²) in [5.74, 6) is 0.973. The van der Waals surface area contributed by atoms with Gasteiger partial charge in [0.2, 0.25) is 0 Å². The molecule has 2 atom stereocenters. The molecule has 18 heavy (non-hydrogen) atoms. The fourth-order valence-electron chi connectivity index (χ4n) is 3.74. The van der Waals surface area contributed by atoms with Gasteiger partial charge in [0.15, 0.2) is 5.75 Å². The number of nitrogens with two attached hydrogens (primary N) is 1. The first-order valence-corrected chi connectivity index (χ1v) is 6.97. The molecule has 1 aromatic rings. The highest BCUT2D eigenvalue weighted by Crippen LogP contribution is 2.54. The molecule has 2 aliphatic rings. The topological polar surface area (TPSA) is 53.1 Å². The quantitative estimate of drug-likeness (QED) is 0.873. The summed E-state index contributed by atoms with van der Waals surface area (Å²) in [5, 5.41) is 4.42. The first kappa shape index (κ1) is 12.0. The number of nitrogens with zero attached hydrogens (tertiary/aromatic N) is 2. The Bertz CT molecular complexity index is 460. The Balaban J connectivity index is 1.81. The predicted molar refractivity (Wildman–Crippen MR) is 70.6 cm³/mol. The van der Waals surface area contributed by atoms with E-state index in [4.69, 9.17) is 10.5 Å². The van der Waals surface area contributed by atoms with E-state index in [1.54, 1.807) is 0 Å². The first-order valence-electron chi connectivity index (χ1n) is 6.97. The van der Waals surface area contributed by atoms with Crippen LogP contribution < -0.4 is 10.5 Å². The average Bonchev–Trinajstić information content (AvgIpc) is 2.92. The molecular weight excluding hydrogens is 226 g/mol. The van der Waals surface area contributed by atoms with Gasteiger partial charge in [-0.25, -0.2) is 0 Å². The number of hydrogen-bond acceptors (Lipinski definition) is 3. The maximum atomic E-state index is 6.28. The van der Waals surface area contributed by atoms with Crippen LogP contribution in [-0.4, -0.2) is 21.9 Å². The fourth-order valence-corrected chi connectivity index (χ4v) is 3.74. The van der Waals surface area contributed by atoms with Crippen LogP contribution in [0.2, 0.25) is 0 Å². The molecule has 0 saturated heterocycles. The largest absolute Gasteiger partial charge is 0.486 e. The summed E-state index contributed by atoms with van der Waals surface area (Å²) in [6.07, 6.45) is 6.37. The molecule has 0 aliphatic heterocycles. The van der Waals surface area contributed by atoms with Gasteiger partial charge in [-0.05, 0) is 26.7 Å². The van der Waals surface area contributed by atoms with Gasteiger partial charge < -0.3 is 10.5 Å². The molecule has 0 radical (unpaired) electrons. The van der Waals surface area contributed by atoms with Gasteiger partial charge >= 0.3 is 0 Å². The van der Waals surface area contributed by atoms with E-state index >= 15 is 0 Å². The van der Waals surface area contributed by atoms with Crippen LogP contribution in [0.3, 0.4) is 0 Å². The molecular formula is C14H23N3O. The summed E-state index contributed by atoms with van der Waals surface area (Å²) < 4.78 is 8.17. The Kier molecular flexibility index (Phi) is 2.66. The zero-order valence-electron chi connectivity index (χ0n) is 11.6. The van der Waals surface area contributed by atoms with Crippen molar-refractivity contribution < 1.29 is 4.74 Å². The molecule has 4 nitrogen and oxygen atoms in total. The molecule has 1 spiro atoms. The molecule has 0 aromatic carbocycles. The lowest BCUT2D eigenvalue weighted by atomic mass is 9.61. The van der Waals surface area contributed by atoms with Gasteiger partial charge in [-0.3, -0.25) is 4.68 Å². The summed E-state index contributed by atoms with van der Waals surface area (Å²) in [7, 11) is 1.97. The molecule has 2 N–H and O–H groups in total. The molecule has 3 rings (SSSR count). The molecule has 1 aromatic heterocycles. The normalized spacial score (nSPS) is 29.6. The minimum Gasteiger partial charge on any atom is -0.486 e. The first-order chi connectivity index (χ1) is 8.54. The number of hydrogen-bond donors (Lipinski definition) is 1. The standard InChI is InChI=1S/C14H23N3O/c1-9-13(10(2)17(3)16-9)18-12-8-11(15)14(12)6-4-5-7-14/h11-12H,4-8,15H2,1-3H3. The highest BCUT2D eigenvalue weighted by Gasteiger charge is 2.56. The third-order valence-corrected chi connectivity index (χ3v) is 5.08. The van der Waals surface area contributed by atoms with Crippen molar-refractivity contribution in [2.45, 2.75) is 58.1 Å². The van der Waals surface area contributed by atoms with Crippen LogP contribution in [-0.2, 0) is 7.05 Å². The zero-order valence-corrected chi connectivity index (χ0v) is 11.6. The zero-order chi connectivity index (χ0) is 12.9. The molecule has 2 saturated carbocycles. The van der Waals surface area contributed by atoms with Crippen molar-refractivity contribution in [3.63, 3.8) is 0 Å². The van der Waals surface area contributed by atoms with Crippen molar-refractivity contribution in [2.24, 2.45) is 18.2 Å². The smallest absolute Gasteiger partial charge is 0.163 e. The summed E-state index contributed by atoms with van der Waals surface area (Å²) >= 11 is 0. The van der Waals surface area contributed by atoms with Crippen molar-refractivity contribution in [3.8, 4) is 5.75 Å². The second-order valence-corrected chi connectivity index (χ2v) is 6.01. The summed E-state index contributed by atoms with van der Waals surface area (Å²) in [6, 6.07) is 0.335. The van der Waals surface area contributed by atoms with Crippen molar-refractivity contribution >= 4 is 0 Å². The van der Waals surface area contributed by atoms with Gasteiger partial charge in [-0.15, -0.1) is 0 Å². The lowest BCUT2D eigenvalue weighted by Gasteiger charge is -2.52. The summed E-state index contributed by atoms with van der Waals surface area (Å²) in [5.41, 5.74) is 8.60.